The van der Waals surface area contributed by atoms with Crippen LogP contribution in [0.2, 0.25) is 0 Å². The number of rotatable bonds is 6. The lowest BCUT2D eigenvalue weighted by molar-refractivity contribution is 0.167. The number of aliphatic hydroxyl groups excluding tert-OH is 1. The van der Waals surface area contributed by atoms with Crippen molar-refractivity contribution in [3.05, 3.63) is 58.0 Å². The van der Waals surface area contributed by atoms with Gasteiger partial charge in [-0.1, -0.05) is 30.3 Å². The summed E-state index contributed by atoms with van der Waals surface area (Å²) < 4.78 is 0. The highest BCUT2D eigenvalue weighted by Crippen LogP contribution is 2.16. The average Bonchev–Trinajstić information content (AvgIpc) is 2.95. The Labute approximate surface area is 132 Å². The van der Waals surface area contributed by atoms with Crippen molar-refractivity contribution in [3.63, 3.8) is 0 Å². The summed E-state index contributed by atoms with van der Waals surface area (Å²) in [5.41, 5.74) is 7.46. The molecule has 120 valence electrons. The average molecular weight is 313 g/mol. The Morgan fingerprint density at radius 2 is 2.09 bits per heavy atom. The maximum Gasteiger partial charge on any atom is 0.262 e. The zero-order chi connectivity index (χ0) is 16.2. The third-order valence-corrected chi connectivity index (χ3v) is 3.74. The van der Waals surface area contributed by atoms with E-state index in [9.17, 15) is 9.90 Å². The summed E-state index contributed by atoms with van der Waals surface area (Å²) >= 11 is 0. The van der Waals surface area contributed by atoms with E-state index in [1.54, 1.807) is 6.20 Å². The molecule has 0 bridgehead atoms. The van der Waals surface area contributed by atoms with E-state index in [1.165, 1.54) is 0 Å². The monoisotopic (exact) mass is 313 g/mol. The van der Waals surface area contributed by atoms with E-state index in [2.05, 4.69) is 20.3 Å². The van der Waals surface area contributed by atoms with Gasteiger partial charge in [-0.2, -0.15) is 4.98 Å². The van der Waals surface area contributed by atoms with Crippen LogP contribution in [0.15, 0.2) is 41.3 Å². The summed E-state index contributed by atoms with van der Waals surface area (Å²) in [5, 5.41) is 13.8. The van der Waals surface area contributed by atoms with Gasteiger partial charge < -0.3 is 21.1 Å². The van der Waals surface area contributed by atoms with Crippen LogP contribution in [0.5, 0.6) is 0 Å². The molecule has 0 fully saturated rings. The van der Waals surface area contributed by atoms with Crippen molar-refractivity contribution in [3.8, 4) is 0 Å². The lowest BCUT2D eigenvalue weighted by atomic mass is 10.1. The number of nitrogens with two attached hydrogens (primary N) is 1. The van der Waals surface area contributed by atoms with Gasteiger partial charge in [-0.05, 0) is 24.1 Å². The lowest BCUT2D eigenvalue weighted by Crippen LogP contribution is -2.18. The molecule has 0 saturated heterocycles. The molecule has 1 atom stereocenters. The van der Waals surface area contributed by atoms with Crippen molar-refractivity contribution >= 4 is 17.0 Å². The van der Waals surface area contributed by atoms with Crippen LogP contribution >= 0.6 is 0 Å². The molecule has 7 heteroatoms. The Balaban J connectivity index is 1.58. The molecule has 2 aromatic heterocycles. The van der Waals surface area contributed by atoms with Gasteiger partial charge in [0, 0.05) is 12.7 Å². The molecule has 7 nitrogen and oxygen atoms in total. The SMILES string of the molecule is Nc1nc2[nH]cc(CNCC[C@@H](O)c3ccccc3)c2c(=O)[nH]1. The molecule has 23 heavy (non-hydrogen) atoms. The fraction of sp³-hybridized carbons (Fsp3) is 0.250. The lowest BCUT2D eigenvalue weighted by Gasteiger charge is -2.11. The highest BCUT2D eigenvalue weighted by atomic mass is 16.3. The van der Waals surface area contributed by atoms with Gasteiger partial charge in [0.25, 0.3) is 5.56 Å². The zero-order valence-corrected chi connectivity index (χ0v) is 12.5. The van der Waals surface area contributed by atoms with Crippen molar-refractivity contribution in [2.75, 3.05) is 12.3 Å². The van der Waals surface area contributed by atoms with Gasteiger partial charge in [0.1, 0.15) is 5.65 Å². The first kappa shape index (κ1) is 15.3. The normalized spacial score (nSPS) is 12.6. The van der Waals surface area contributed by atoms with Crippen molar-refractivity contribution in [2.24, 2.45) is 0 Å². The van der Waals surface area contributed by atoms with E-state index in [-0.39, 0.29) is 11.5 Å². The number of benzene rings is 1. The minimum atomic E-state index is -0.503. The molecule has 0 spiro atoms. The molecule has 0 aliphatic rings. The Hall–Kier alpha value is -2.64. The van der Waals surface area contributed by atoms with E-state index in [1.807, 2.05) is 30.3 Å². The van der Waals surface area contributed by atoms with Crippen molar-refractivity contribution in [2.45, 2.75) is 19.1 Å². The first-order chi connectivity index (χ1) is 11.1. The van der Waals surface area contributed by atoms with E-state index in [0.717, 1.165) is 11.1 Å². The van der Waals surface area contributed by atoms with E-state index in [4.69, 9.17) is 5.73 Å². The fourth-order valence-electron chi connectivity index (χ4n) is 2.56. The third kappa shape index (κ3) is 3.41. The summed E-state index contributed by atoms with van der Waals surface area (Å²) in [5.74, 6) is 0.0924. The second kappa shape index (κ2) is 6.64. The largest absolute Gasteiger partial charge is 0.388 e. The second-order valence-corrected chi connectivity index (χ2v) is 5.38. The van der Waals surface area contributed by atoms with Crippen LogP contribution in [0.3, 0.4) is 0 Å². The molecule has 3 aromatic rings. The number of hydrogen-bond acceptors (Lipinski definition) is 5. The molecule has 0 radical (unpaired) electrons. The topological polar surface area (TPSA) is 120 Å². The van der Waals surface area contributed by atoms with Crippen molar-refractivity contribution < 1.29 is 5.11 Å². The Morgan fingerprint density at radius 3 is 2.87 bits per heavy atom. The van der Waals surface area contributed by atoms with Gasteiger partial charge in [0.2, 0.25) is 5.95 Å². The van der Waals surface area contributed by atoms with Gasteiger partial charge in [-0.15, -0.1) is 0 Å². The summed E-state index contributed by atoms with van der Waals surface area (Å²) in [6.07, 6.45) is 1.83. The highest BCUT2D eigenvalue weighted by molar-refractivity contribution is 5.79. The van der Waals surface area contributed by atoms with E-state index in [0.29, 0.717) is 30.5 Å². The summed E-state index contributed by atoms with van der Waals surface area (Å²) in [6, 6.07) is 9.54. The number of aromatic nitrogens is 3. The predicted octanol–water partition coefficient (Wildman–Crippen LogP) is 1.05. The number of nitrogens with zero attached hydrogens (tertiary/aromatic N) is 1. The van der Waals surface area contributed by atoms with Crippen LogP contribution in [0.1, 0.15) is 23.7 Å². The summed E-state index contributed by atoms with van der Waals surface area (Å²) in [6.45, 7) is 1.14. The quantitative estimate of drug-likeness (QED) is 0.436. The maximum atomic E-state index is 11.9. The zero-order valence-electron chi connectivity index (χ0n) is 12.5. The Morgan fingerprint density at radius 1 is 1.30 bits per heavy atom. The van der Waals surface area contributed by atoms with Crippen LogP contribution in [-0.4, -0.2) is 26.6 Å². The molecular formula is C16H19N5O2. The molecule has 6 N–H and O–H groups in total. The summed E-state index contributed by atoms with van der Waals surface area (Å²) in [4.78, 5) is 21.4. The van der Waals surface area contributed by atoms with E-state index >= 15 is 0 Å². The van der Waals surface area contributed by atoms with Crippen LogP contribution in [-0.2, 0) is 6.54 Å². The fourth-order valence-corrected chi connectivity index (χ4v) is 2.56. The minimum absolute atomic E-state index is 0.0924. The maximum absolute atomic E-state index is 11.9. The van der Waals surface area contributed by atoms with Gasteiger partial charge in [-0.25, -0.2) is 0 Å². The molecule has 0 aliphatic carbocycles. The number of aliphatic hydroxyl groups is 1. The molecule has 0 saturated carbocycles. The van der Waals surface area contributed by atoms with Crippen LogP contribution in [0.4, 0.5) is 5.95 Å². The Bertz CT molecular complexity index is 841. The number of nitrogen functional groups attached to an aromatic ring is 1. The number of H-pyrrole nitrogens is 2. The predicted molar refractivity (Wildman–Crippen MR) is 88.9 cm³/mol. The molecule has 2 heterocycles. The minimum Gasteiger partial charge on any atom is -0.388 e. The Kier molecular flexibility index (Phi) is 4.40. The standard InChI is InChI=1S/C16H19N5O2/c17-16-20-14-13(15(23)21-16)11(9-19-14)8-18-7-6-12(22)10-4-2-1-3-5-10/h1-5,9,12,18,22H,6-8H2,(H4,17,19,20,21,23)/t12-/m1/s1. The van der Waals surface area contributed by atoms with Crippen LogP contribution < -0.4 is 16.6 Å². The molecule has 0 amide bonds. The van der Waals surface area contributed by atoms with E-state index < -0.39 is 6.10 Å². The number of nitrogens with one attached hydrogen (secondary N) is 3. The first-order valence-corrected chi connectivity index (χ1v) is 7.44. The van der Waals surface area contributed by atoms with Gasteiger partial charge >= 0.3 is 0 Å². The highest BCUT2D eigenvalue weighted by Gasteiger charge is 2.10. The summed E-state index contributed by atoms with van der Waals surface area (Å²) in [7, 11) is 0. The molecule has 0 aliphatic heterocycles. The number of fused-ring (bicyclic) bond motifs is 1. The smallest absolute Gasteiger partial charge is 0.262 e. The number of hydrogen-bond donors (Lipinski definition) is 5. The molecule has 0 unspecified atom stereocenters. The van der Waals surface area contributed by atoms with Gasteiger partial charge in [0.15, 0.2) is 0 Å². The molecule has 3 rings (SSSR count). The van der Waals surface area contributed by atoms with Crippen molar-refractivity contribution in [1.82, 2.24) is 20.3 Å². The first-order valence-electron chi connectivity index (χ1n) is 7.44. The second-order valence-electron chi connectivity index (χ2n) is 5.38. The molecular weight excluding hydrogens is 294 g/mol. The van der Waals surface area contributed by atoms with Gasteiger partial charge in [-0.3, -0.25) is 9.78 Å². The third-order valence-electron chi connectivity index (χ3n) is 3.74. The van der Waals surface area contributed by atoms with Crippen LogP contribution in [0.25, 0.3) is 11.0 Å². The van der Waals surface area contributed by atoms with Crippen molar-refractivity contribution in [1.29, 1.82) is 0 Å². The molecule has 1 aromatic carbocycles. The number of anilines is 1. The van der Waals surface area contributed by atoms with Gasteiger partial charge in [0.05, 0.1) is 11.5 Å². The van der Waals surface area contributed by atoms with Crippen LogP contribution in [0, 0.1) is 0 Å². The number of aromatic amines is 2.